The summed E-state index contributed by atoms with van der Waals surface area (Å²) in [5, 5.41) is 25.5. The summed E-state index contributed by atoms with van der Waals surface area (Å²) < 4.78 is 0. The van der Waals surface area contributed by atoms with E-state index in [1.54, 1.807) is 19.9 Å². The van der Waals surface area contributed by atoms with Crippen molar-refractivity contribution >= 4 is 23.7 Å². The second-order valence-electron chi connectivity index (χ2n) is 8.90. The molecule has 2 amide bonds. The van der Waals surface area contributed by atoms with Gasteiger partial charge >= 0.3 is 0 Å². The number of rotatable bonds is 10. The fourth-order valence-corrected chi connectivity index (χ4v) is 3.87. The van der Waals surface area contributed by atoms with E-state index in [2.05, 4.69) is 15.6 Å². The number of hydrogen-bond donors (Lipinski definition) is 5. The summed E-state index contributed by atoms with van der Waals surface area (Å²) in [5.74, 6) is -2.37. The zero-order valence-electron chi connectivity index (χ0n) is 20.5. The number of carbonyl (C=O) groups excluding carboxylic acids is 3. The highest BCUT2D eigenvalue weighted by atomic mass is 16.3. The highest BCUT2D eigenvalue weighted by Gasteiger charge is 2.31. The highest BCUT2D eigenvalue weighted by molar-refractivity contribution is 6.05. The lowest BCUT2D eigenvalue weighted by Crippen LogP contribution is -2.45. The van der Waals surface area contributed by atoms with Crippen LogP contribution < -0.4 is 10.6 Å². The summed E-state index contributed by atoms with van der Waals surface area (Å²) in [5.41, 5.74) is 1.75. The number of ketones is 1. The molecule has 2 aromatic carbocycles. The normalized spacial score (nSPS) is 12.9. The molecular weight excluding hydrogens is 458 g/mol. The molecule has 0 spiro atoms. The van der Waals surface area contributed by atoms with Gasteiger partial charge in [0.05, 0.1) is 24.1 Å². The first kappa shape index (κ1) is 26.3. The summed E-state index contributed by atoms with van der Waals surface area (Å²) in [6, 6.07) is 16.9. The van der Waals surface area contributed by atoms with Crippen molar-refractivity contribution in [2.24, 2.45) is 5.92 Å². The molecule has 0 aliphatic heterocycles. The lowest BCUT2D eigenvalue weighted by atomic mass is 9.93. The number of benzene rings is 2. The second kappa shape index (κ2) is 11.9. The van der Waals surface area contributed by atoms with Crippen molar-refractivity contribution in [3.05, 3.63) is 89.0 Å². The maximum absolute atomic E-state index is 13.1. The Bertz CT molecular complexity index is 1230. The standard InChI is InChI=1S/C28H31N3O5/c1-17(2)25(26(34)24-18(3)27(35)31-28(24)36)30-23(33)16-21(20-12-8-5-9-13-20)29-22(32)15-14-19-10-6-4-7-11-19/h4-15,17,21,25,31,35-36H,16H2,1-3H3,(H,29,32)(H,30,33)/t21-,25-/m0/s1. The largest absolute Gasteiger partial charge is 0.494 e. The Kier molecular flexibility index (Phi) is 8.67. The van der Waals surface area contributed by atoms with Crippen LogP contribution in [-0.4, -0.2) is 38.8 Å². The predicted molar refractivity (Wildman–Crippen MR) is 137 cm³/mol. The van der Waals surface area contributed by atoms with Gasteiger partial charge in [-0.25, -0.2) is 0 Å². The van der Waals surface area contributed by atoms with Crippen molar-refractivity contribution in [1.29, 1.82) is 0 Å². The average molecular weight is 490 g/mol. The van der Waals surface area contributed by atoms with Crippen molar-refractivity contribution in [3.63, 3.8) is 0 Å². The van der Waals surface area contributed by atoms with Gasteiger partial charge in [-0.1, -0.05) is 74.5 Å². The molecule has 0 saturated heterocycles. The minimum atomic E-state index is -0.942. The molecule has 3 aromatic rings. The second-order valence-corrected chi connectivity index (χ2v) is 8.90. The first-order valence-corrected chi connectivity index (χ1v) is 11.7. The van der Waals surface area contributed by atoms with E-state index in [4.69, 9.17) is 0 Å². The van der Waals surface area contributed by atoms with E-state index in [-0.39, 0.29) is 35.3 Å². The van der Waals surface area contributed by atoms with E-state index in [9.17, 15) is 24.6 Å². The summed E-state index contributed by atoms with van der Waals surface area (Å²) in [7, 11) is 0. The van der Waals surface area contributed by atoms with Crippen LogP contribution in [0.4, 0.5) is 0 Å². The van der Waals surface area contributed by atoms with Crippen molar-refractivity contribution in [1.82, 2.24) is 15.6 Å². The third-order valence-corrected chi connectivity index (χ3v) is 5.85. The summed E-state index contributed by atoms with van der Waals surface area (Å²) >= 11 is 0. The van der Waals surface area contributed by atoms with Gasteiger partial charge < -0.3 is 20.8 Å². The topological polar surface area (TPSA) is 132 Å². The number of carbonyl (C=O) groups is 3. The number of Topliss-reactive ketones (excluding diaryl/α,β-unsaturated/α-hetero) is 1. The molecule has 3 rings (SSSR count). The molecule has 0 fully saturated rings. The van der Waals surface area contributed by atoms with Crippen LogP contribution in [0.2, 0.25) is 0 Å². The lowest BCUT2D eigenvalue weighted by molar-refractivity contribution is -0.123. The smallest absolute Gasteiger partial charge is 0.244 e. The van der Waals surface area contributed by atoms with Crippen LogP contribution in [0.15, 0.2) is 66.7 Å². The molecule has 1 aromatic heterocycles. The molecule has 0 saturated carbocycles. The van der Waals surface area contributed by atoms with E-state index in [1.165, 1.54) is 13.0 Å². The molecule has 0 bridgehead atoms. The average Bonchev–Trinajstić information content (AvgIpc) is 3.12. The molecule has 8 heteroatoms. The Morgan fingerprint density at radius 1 is 0.917 bits per heavy atom. The fraction of sp³-hybridized carbons (Fsp3) is 0.250. The summed E-state index contributed by atoms with van der Waals surface area (Å²) in [6.45, 7) is 5.04. The van der Waals surface area contributed by atoms with E-state index in [0.29, 0.717) is 0 Å². The monoisotopic (exact) mass is 489 g/mol. The van der Waals surface area contributed by atoms with Crippen LogP contribution in [0, 0.1) is 12.8 Å². The SMILES string of the molecule is Cc1c(O)[nH]c(O)c1C(=O)[C@@H](NC(=O)C[C@H](NC(=O)C=Cc1ccccc1)c1ccccc1)C(C)C. The summed E-state index contributed by atoms with van der Waals surface area (Å²) in [4.78, 5) is 41.2. The third kappa shape index (κ3) is 6.63. The molecular formula is C28H31N3O5. The van der Waals surface area contributed by atoms with Crippen molar-refractivity contribution in [2.45, 2.75) is 39.3 Å². The molecule has 8 nitrogen and oxygen atoms in total. The quantitative estimate of drug-likeness (QED) is 0.217. The maximum atomic E-state index is 13.1. The van der Waals surface area contributed by atoms with Crippen LogP contribution in [0.5, 0.6) is 11.8 Å². The van der Waals surface area contributed by atoms with Gasteiger partial charge in [0.15, 0.2) is 11.7 Å². The Hall–Kier alpha value is -4.33. The molecule has 0 unspecified atom stereocenters. The zero-order chi connectivity index (χ0) is 26.2. The lowest BCUT2D eigenvalue weighted by Gasteiger charge is -2.24. The van der Waals surface area contributed by atoms with Gasteiger partial charge in [-0.2, -0.15) is 0 Å². The molecule has 36 heavy (non-hydrogen) atoms. The van der Waals surface area contributed by atoms with Crippen LogP contribution in [0.25, 0.3) is 6.08 Å². The summed E-state index contributed by atoms with van der Waals surface area (Å²) in [6.07, 6.45) is 2.99. The zero-order valence-corrected chi connectivity index (χ0v) is 20.5. The van der Waals surface area contributed by atoms with Crippen molar-refractivity contribution in [3.8, 4) is 11.8 Å². The Labute approximate surface area is 210 Å². The number of amides is 2. The Morgan fingerprint density at radius 2 is 1.53 bits per heavy atom. The van der Waals surface area contributed by atoms with Gasteiger partial charge in [-0.05, 0) is 30.0 Å². The van der Waals surface area contributed by atoms with E-state index >= 15 is 0 Å². The first-order valence-electron chi connectivity index (χ1n) is 11.7. The van der Waals surface area contributed by atoms with Crippen LogP contribution in [0.1, 0.15) is 53.4 Å². The van der Waals surface area contributed by atoms with Gasteiger partial charge in [0.25, 0.3) is 0 Å². The Balaban J connectivity index is 1.75. The van der Waals surface area contributed by atoms with Crippen LogP contribution >= 0.6 is 0 Å². The number of aromatic amines is 1. The van der Waals surface area contributed by atoms with E-state index in [0.717, 1.165) is 11.1 Å². The molecule has 0 aliphatic carbocycles. The molecule has 5 N–H and O–H groups in total. The number of H-pyrrole nitrogens is 1. The molecule has 0 aliphatic rings. The van der Waals surface area contributed by atoms with Crippen LogP contribution in [-0.2, 0) is 9.59 Å². The molecule has 2 atom stereocenters. The molecule has 188 valence electrons. The molecule has 0 radical (unpaired) electrons. The van der Waals surface area contributed by atoms with Crippen molar-refractivity contribution in [2.75, 3.05) is 0 Å². The number of nitrogens with one attached hydrogen (secondary N) is 3. The first-order chi connectivity index (χ1) is 17.2. The van der Waals surface area contributed by atoms with Gasteiger partial charge in [-0.15, -0.1) is 0 Å². The predicted octanol–water partition coefficient (Wildman–Crippen LogP) is 4.02. The van der Waals surface area contributed by atoms with Gasteiger partial charge in [0.2, 0.25) is 17.7 Å². The minimum absolute atomic E-state index is 0.0644. The van der Waals surface area contributed by atoms with Crippen molar-refractivity contribution < 1.29 is 24.6 Å². The maximum Gasteiger partial charge on any atom is 0.244 e. The van der Waals surface area contributed by atoms with Gasteiger partial charge in [-0.3, -0.25) is 19.4 Å². The highest BCUT2D eigenvalue weighted by Crippen LogP contribution is 2.30. The van der Waals surface area contributed by atoms with E-state index in [1.807, 2.05) is 60.7 Å². The van der Waals surface area contributed by atoms with Gasteiger partial charge in [0, 0.05) is 11.6 Å². The third-order valence-electron chi connectivity index (χ3n) is 5.85. The van der Waals surface area contributed by atoms with Gasteiger partial charge in [0.1, 0.15) is 0 Å². The Morgan fingerprint density at radius 3 is 2.08 bits per heavy atom. The fourth-order valence-electron chi connectivity index (χ4n) is 3.87. The molecule has 1 heterocycles. The number of aromatic hydroxyl groups is 2. The minimum Gasteiger partial charge on any atom is -0.494 e. The number of aromatic nitrogens is 1. The van der Waals surface area contributed by atoms with E-state index < -0.39 is 29.7 Å². The van der Waals surface area contributed by atoms with Crippen LogP contribution in [0.3, 0.4) is 0 Å². The number of hydrogen-bond acceptors (Lipinski definition) is 5.